The fraction of sp³-hybridized carbons (Fsp3) is 0.417. The summed E-state index contributed by atoms with van der Waals surface area (Å²) in [7, 11) is -3.71. The molecule has 0 saturated carbocycles. The van der Waals surface area contributed by atoms with Gasteiger partial charge in [0.25, 0.3) is 0 Å². The molecule has 1 aromatic rings. The first-order chi connectivity index (χ1) is 8.72. The molecule has 0 heterocycles. The molecular formula is C12H17BrN2O3S. The number of carbonyl (C=O) groups excluding carboxylic acids is 1. The largest absolute Gasteiger partial charge is 0.398 e. The number of hydrogen-bond acceptors (Lipinski definition) is 4. The Morgan fingerprint density at radius 3 is 2.58 bits per heavy atom. The van der Waals surface area contributed by atoms with Crippen LogP contribution in [0.2, 0.25) is 0 Å². The maximum Gasteiger partial charge on any atom is 0.235 e. The number of benzene rings is 1. The van der Waals surface area contributed by atoms with Gasteiger partial charge in [0.1, 0.15) is 5.75 Å². The zero-order valence-electron chi connectivity index (χ0n) is 10.8. The van der Waals surface area contributed by atoms with Gasteiger partial charge in [-0.1, -0.05) is 29.8 Å². The molecule has 19 heavy (non-hydrogen) atoms. The van der Waals surface area contributed by atoms with Crippen molar-refractivity contribution in [2.45, 2.75) is 18.7 Å². The highest BCUT2D eigenvalue weighted by molar-refractivity contribution is 9.10. The van der Waals surface area contributed by atoms with E-state index in [-0.39, 0.29) is 16.5 Å². The summed E-state index contributed by atoms with van der Waals surface area (Å²) in [5, 5.41) is 2.57. The lowest BCUT2D eigenvalue weighted by Gasteiger charge is -2.10. The molecule has 1 amide bonds. The van der Waals surface area contributed by atoms with Gasteiger partial charge >= 0.3 is 0 Å². The average molecular weight is 349 g/mol. The van der Waals surface area contributed by atoms with E-state index >= 15 is 0 Å². The van der Waals surface area contributed by atoms with Gasteiger partial charge in [0, 0.05) is 11.0 Å². The van der Waals surface area contributed by atoms with Crippen molar-refractivity contribution in [2.75, 3.05) is 18.0 Å². The SMILES string of the molecule is CC(C)CNC(=O)CS(=O)(=O)c1ccc(Br)cc1N. The second-order valence-electron chi connectivity index (χ2n) is 4.64. The smallest absolute Gasteiger partial charge is 0.235 e. The lowest BCUT2D eigenvalue weighted by atomic mass is 10.2. The van der Waals surface area contributed by atoms with Gasteiger partial charge in [0.15, 0.2) is 9.84 Å². The summed E-state index contributed by atoms with van der Waals surface area (Å²) in [6, 6.07) is 4.47. The highest BCUT2D eigenvalue weighted by Gasteiger charge is 2.21. The Bertz CT molecular complexity index is 570. The van der Waals surface area contributed by atoms with Gasteiger partial charge in [-0.05, 0) is 24.1 Å². The van der Waals surface area contributed by atoms with E-state index in [4.69, 9.17) is 5.73 Å². The summed E-state index contributed by atoms with van der Waals surface area (Å²) in [6.45, 7) is 4.31. The molecule has 0 aliphatic heterocycles. The molecule has 0 bridgehead atoms. The molecular weight excluding hydrogens is 332 g/mol. The van der Waals surface area contributed by atoms with Crippen LogP contribution in [0, 0.1) is 5.92 Å². The van der Waals surface area contributed by atoms with Crippen molar-refractivity contribution in [1.29, 1.82) is 0 Å². The predicted octanol–water partition coefficient (Wildman–Crippen LogP) is 1.58. The second kappa shape index (κ2) is 6.38. The monoisotopic (exact) mass is 348 g/mol. The first-order valence-electron chi connectivity index (χ1n) is 5.77. The van der Waals surface area contributed by atoms with Crippen molar-refractivity contribution in [1.82, 2.24) is 5.32 Å². The number of nitrogens with two attached hydrogens (primary N) is 1. The Balaban J connectivity index is 2.84. The third-order valence-corrected chi connectivity index (χ3v) is 4.51. The lowest BCUT2D eigenvalue weighted by Crippen LogP contribution is -2.33. The van der Waals surface area contributed by atoms with Gasteiger partial charge < -0.3 is 11.1 Å². The van der Waals surface area contributed by atoms with E-state index in [0.29, 0.717) is 11.0 Å². The van der Waals surface area contributed by atoms with Gasteiger partial charge in [-0.3, -0.25) is 4.79 Å². The van der Waals surface area contributed by atoms with Crippen LogP contribution >= 0.6 is 15.9 Å². The Kier molecular flexibility index (Phi) is 5.37. The molecule has 1 rings (SSSR count). The molecule has 0 aromatic heterocycles. The number of anilines is 1. The molecule has 0 saturated heterocycles. The van der Waals surface area contributed by atoms with E-state index in [0.717, 1.165) is 0 Å². The Morgan fingerprint density at radius 1 is 1.42 bits per heavy atom. The quantitative estimate of drug-likeness (QED) is 0.790. The molecule has 0 aliphatic rings. The molecule has 0 aliphatic carbocycles. The van der Waals surface area contributed by atoms with Crippen LogP contribution in [0.25, 0.3) is 0 Å². The van der Waals surface area contributed by atoms with Gasteiger partial charge in [-0.25, -0.2) is 8.42 Å². The molecule has 106 valence electrons. The summed E-state index contributed by atoms with van der Waals surface area (Å²) in [6.07, 6.45) is 0. The maximum atomic E-state index is 12.1. The zero-order valence-corrected chi connectivity index (χ0v) is 13.2. The summed E-state index contributed by atoms with van der Waals surface area (Å²) in [5.74, 6) is -0.841. The average Bonchev–Trinajstić information content (AvgIpc) is 2.25. The van der Waals surface area contributed by atoms with E-state index in [1.165, 1.54) is 12.1 Å². The van der Waals surface area contributed by atoms with Crippen molar-refractivity contribution in [3.8, 4) is 0 Å². The molecule has 3 N–H and O–H groups in total. The Labute approximate surface area is 121 Å². The minimum absolute atomic E-state index is 0.0182. The standard InChI is InChI=1S/C12H17BrN2O3S/c1-8(2)6-15-12(16)7-19(17,18)11-4-3-9(13)5-10(11)14/h3-5,8H,6-7,14H2,1-2H3,(H,15,16). The van der Waals surface area contributed by atoms with E-state index in [2.05, 4.69) is 21.2 Å². The maximum absolute atomic E-state index is 12.1. The number of hydrogen-bond donors (Lipinski definition) is 2. The summed E-state index contributed by atoms with van der Waals surface area (Å²) < 4.78 is 24.8. The first-order valence-corrected chi connectivity index (χ1v) is 8.21. The predicted molar refractivity (Wildman–Crippen MR) is 78.5 cm³/mol. The van der Waals surface area contributed by atoms with E-state index < -0.39 is 21.5 Å². The number of nitrogen functional groups attached to an aromatic ring is 1. The number of halogens is 1. The molecule has 0 fully saturated rings. The molecule has 0 spiro atoms. The second-order valence-corrected chi connectivity index (χ2v) is 7.51. The highest BCUT2D eigenvalue weighted by Crippen LogP contribution is 2.23. The van der Waals surface area contributed by atoms with Crippen molar-refractivity contribution < 1.29 is 13.2 Å². The fourth-order valence-electron chi connectivity index (χ4n) is 1.42. The minimum atomic E-state index is -3.71. The number of amides is 1. The van der Waals surface area contributed by atoms with Crippen molar-refractivity contribution in [3.05, 3.63) is 22.7 Å². The third kappa shape index (κ3) is 4.83. The highest BCUT2D eigenvalue weighted by atomic mass is 79.9. The Hall–Kier alpha value is -1.08. The minimum Gasteiger partial charge on any atom is -0.398 e. The van der Waals surface area contributed by atoms with Crippen molar-refractivity contribution in [3.63, 3.8) is 0 Å². The zero-order chi connectivity index (χ0) is 14.6. The van der Waals surface area contributed by atoms with Crippen LogP contribution in [0.5, 0.6) is 0 Å². The van der Waals surface area contributed by atoms with E-state index in [1.54, 1.807) is 6.07 Å². The lowest BCUT2D eigenvalue weighted by molar-refractivity contribution is -0.118. The number of nitrogens with one attached hydrogen (secondary N) is 1. The molecule has 1 aromatic carbocycles. The molecule has 7 heteroatoms. The summed E-state index contributed by atoms with van der Waals surface area (Å²) in [5.41, 5.74) is 5.80. The van der Waals surface area contributed by atoms with Crippen LogP contribution in [-0.2, 0) is 14.6 Å². The van der Waals surface area contributed by atoms with Crippen molar-refractivity contribution >= 4 is 37.4 Å². The molecule has 5 nitrogen and oxygen atoms in total. The van der Waals surface area contributed by atoms with Crippen LogP contribution in [0.3, 0.4) is 0 Å². The van der Waals surface area contributed by atoms with Crippen LogP contribution in [0.4, 0.5) is 5.69 Å². The molecule has 0 radical (unpaired) electrons. The van der Waals surface area contributed by atoms with Crippen molar-refractivity contribution in [2.24, 2.45) is 5.92 Å². The summed E-state index contributed by atoms with van der Waals surface area (Å²) in [4.78, 5) is 11.6. The number of carbonyl (C=O) groups is 1. The normalized spacial score (nSPS) is 11.6. The van der Waals surface area contributed by atoms with Gasteiger partial charge in [-0.15, -0.1) is 0 Å². The topological polar surface area (TPSA) is 89.3 Å². The third-order valence-electron chi connectivity index (χ3n) is 2.34. The van der Waals surface area contributed by atoms with Crippen LogP contribution < -0.4 is 11.1 Å². The Morgan fingerprint density at radius 2 is 2.05 bits per heavy atom. The van der Waals surface area contributed by atoms with Crippen LogP contribution in [-0.4, -0.2) is 26.6 Å². The first kappa shape index (κ1) is 16.0. The van der Waals surface area contributed by atoms with Crippen LogP contribution in [0.15, 0.2) is 27.6 Å². The fourth-order valence-corrected chi connectivity index (χ4v) is 3.10. The molecule has 0 atom stereocenters. The van der Waals surface area contributed by atoms with E-state index in [1.807, 2.05) is 13.8 Å². The van der Waals surface area contributed by atoms with Gasteiger partial charge in [-0.2, -0.15) is 0 Å². The number of sulfone groups is 1. The van der Waals surface area contributed by atoms with Crippen LogP contribution in [0.1, 0.15) is 13.8 Å². The number of rotatable bonds is 5. The van der Waals surface area contributed by atoms with Gasteiger partial charge in [0.2, 0.25) is 5.91 Å². The summed E-state index contributed by atoms with van der Waals surface area (Å²) >= 11 is 3.20. The van der Waals surface area contributed by atoms with Gasteiger partial charge in [0.05, 0.1) is 10.6 Å². The molecule has 0 unspecified atom stereocenters. The van der Waals surface area contributed by atoms with E-state index in [9.17, 15) is 13.2 Å².